The van der Waals surface area contributed by atoms with Crippen molar-refractivity contribution in [3.05, 3.63) is 0 Å². The first-order chi connectivity index (χ1) is 7.66. The predicted molar refractivity (Wildman–Crippen MR) is 63.4 cm³/mol. The van der Waals surface area contributed by atoms with Gasteiger partial charge in [-0.3, -0.25) is 4.79 Å². The summed E-state index contributed by atoms with van der Waals surface area (Å²) in [6.45, 7) is 5.15. The molecule has 1 N–H and O–H groups in total. The van der Waals surface area contributed by atoms with Crippen molar-refractivity contribution in [3.63, 3.8) is 0 Å². The number of hydrogen-bond acceptors (Lipinski definition) is 2. The molecule has 1 heterocycles. The van der Waals surface area contributed by atoms with Crippen molar-refractivity contribution >= 4 is 5.97 Å². The first-order valence-electron chi connectivity index (χ1n) is 6.62. The van der Waals surface area contributed by atoms with Crippen LogP contribution in [0.1, 0.15) is 45.4 Å². The Morgan fingerprint density at radius 1 is 1.38 bits per heavy atom. The van der Waals surface area contributed by atoms with Crippen LogP contribution in [0.15, 0.2) is 0 Å². The van der Waals surface area contributed by atoms with E-state index in [1.54, 1.807) is 0 Å². The van der Waals surface area contributed by atoms with Gasteiger partial charge in [0.2, 0.25) is 0 Å². The fourth-order valence-electron chi connectivity index (χ4n) is 2.69. The van der Waals surface area contributed by atoms with Crippen molar-refractivity contribution in [2.75, 3.05) is 19.6 Å². The molecule has 0 aromatic heterocycles. The molecule has 1 saturated carbocycles. The van der Waals surface area contributed by atoms with E-state index < -0.39 is 11.4 Å². The van der Waals surface area contributed by atoms with E-state index in [0.29, 0.717) is 0 Å². The zero-order valence-electron chi connectivity index (χ0n) is 10.2. The lowest BCUT2D eigenvalue weighted by molar-refractivity contribution is -0.152. The van der Waals surface area contributed by atoms with E-state index >= 15 is 0 Å². The topological polar surface area (TPSA) is 40.5 Å². The molecule has 92 valence electrons. The normalized spacial score (nSPS) is 25.6. The van der Waals surface area contributed by atoms with Gasteiger partial charge in [0.25, 0.3) is 0 Å². The fourth-order valence-corrected chi connectivity index (χ4v) is 2.69. The number of piperidine rings is 1. The third-order valence-electron chi connectivity index (χ3n) is 4.49. The molecule has 1 saturated heterocycles. The number of aliphatic carboxylic acids is 1. The Labute approximate surface area is 97.8 Å². The van der Waals surface area contributed by atoms with Gasteiger partial charge in [0.05, 0.1) is 5.41 Å². The highest BCUT2D eigenvalue weighted by Gasteiger charge is 2.39. The highest BCUT2D eigenvalue weighted by Crippen LogP contribution is 2.36. The standard InChI is InChI=1S/C13H23NO2/c1-2-13(12(15)16)6-9-14(10-7-13)8-5-11-3-4-11/h11H,2-10H2,1H3,(H,15,16). The van der Waals surface area contributed by atoms with Crippen LogP contribution in [-0.4, -0.2) is 35.6 Å². The van der Waals surface area contributed by atoms with Crippen molar-refractivity contribution in [2.24, 2.45) is 11.3 Å². The van der Waals surface area contributed by atoms with Crippen LogP contribution in [-0.2, 0) is 4.79 Å². The molecule has 0 atom stereocenters. The van der Waals surface area contributed by atoms with Gasteiger partial charge >= 0.3 is 5.97 Å². The van der Waals surface area contributed by atoms with Crippen LogP contribution in [0.4, 0.5) is 0 Å². The molecule has 0 aromatic carbocycles. The quantitative estimate of drug-likeness (QED) is 0.781. The van der Waals surface area contributed by atoms with Crippen LogP contribution in [0.3, 0.4) is 0 Å². The van der Waals surface area contributed by atoms with Crippen LogP contribution < -0.4 is 0 Å². The molecular formula is C13H23NO2. The van der Waals surface area contributed by atoms with Crippen LogP contribution in [0.2, 0.25) is 0 Å². The first-order valence-corrected chi connectivity index (χ1v) is 6.62. The predicted octanol–water partition coefficient (Wildman–Crippen LogP) is 2.36. The number of rotatable bonds is 5. The van der Waals surface area contributed by atoms with E-state index in [1.165, 1.54) is 25.8 Å². The summed E-state index contributed by atoms with van der Waals surface area (Å²) in [5, 5.41) is 9.28. The number of likely N-dealkylation sites (tertiary alicyclic amines) is 1. The maximum Gasteiger partial charge on any atom is 0.309 e. The number of carbonyl (C=O) groups is 1. The average molecular weight is 225 g/mol. The van der Waals surface area contributed by atoms with E-state index in [4.69, 9.17) is 0 Å². The molecule has 0 aromatic rings. The Morgan fingerprint density at radius 3 is 2.44 bits per heavy atom. The molecule has 0 bridgehead atoms. The Morgan fingerprint density at radius 2 is 2.00 bits per heavy atom. The minimum Gasteiger partial charge on any atom is -0.481 e. The summed E-state index contributed by atoms with van der Waals surface area (Å²) in [5.74, 6) is 0.397. The minimum atomic E-state index is -0.586. The molecule has 3 nitrogen and oxygen atoms in total. The molecule has 1 aliphatic heterocycles. The van der Waals surface area contributed by atoms with Gasteiger partial charge in [-0.25, -0.2) is 0 Å². The van der Waals surface area contributed by atoms with E-state index in [-0.39, 0.29) is 0 Å². The van der Waals surface area contributed by atoms with E-state index in [9.17, 15) is 9.90 Å². The molecule has 0 radical (unpaired) electrons. The van der Waals surface area contributed by atoms with Crippen molar-refractivity contribution in [3.8, 4) is 0 Å². The Bertz CT molecular complexity index is 253. The summed E-state index contributed by atoms with van der Waals surface area (Å²) in [6, 6.07) is 0. The Balaban J connectivity index is 1.77. The number of nitrogens with zero attached hydrogens (tertiary/aromatic N) is 1. The van der Waals surface area contributed by atoms with Gasteiger partial charge in [0, 0.05) is 0 Å². The second-order valence-electron chi connectivity index (χ2n) is 5.51. The van der Waals surface area contributed by atoms with Gasteiger partial charge < -0.3 is 10.0 Å². The summed E-state index contributed by atoms with van der Waals surface area (Å²) in [7, 11) is 0. The van der Waals surface area contributed by atoms with Crippen molar-refractivity contribution in [1.29, 1.82) is 0 Å². The van der Waals surface area contributed by atoms with Crippen LogP contribution in [0.25, 0.3) is 0 Å². The SMILES string of the molecule is CCC1(C(=O)O)CCN(CCC2CC2)CC1. The van der Waals surface area contributed by atoms with E-state index in [1.807, 2.05) is 6.92 Å². The van der Waals surface area contributed by atoms with Crippen LogP contribution in [0.5, 0.6) is 0 Å². The van der Waals surface area contributed by atoms with Gasteiger partial charge in [-0.2, -0.15) is 0 Å². The van der Waals surface area contributed by atoms with E-state index in [2.05, 4.69) is 4.90 Å². The molecule has 0 spiro atoms. The van der Waals surface area contributed by atoms with Crippen molar-refractivity contribution < 1.29 is 9.90 Å². The summed E-state index contributed by atoms with van der Waals surface area (Å²) >= 11 is 0. The second-order valence-corrected chi connectivity index (χ2v) is 5.51. The van der Waals surface area contributed by atoms with Crippen molar-refractivity contribution in [2.45, 2.75) is 45.4 Å². The summed E-state index contributed by atoms with van der Waals surface area (Å²) in [6.07, 6.45) is 6.61. The van der Waals surface area contributed by atoms with Crippen molar-refractivity contribution in [1.82, 2.24) is 4.90 Å². The third-order valence-corrected chi connectivity index (χ3v) is 4.49. The molecule has 0 amide bonds. The molecule has 16 heavy (non-hydrogen) atoms. The number of carboxylic acid groups (broad SMARTS) is 1. The molecular weight excluding hydrogens is 202 g/mol. The molecule has 2 rings (SSSR count). The van der Waals surface area contributed by atoms with Gasteiger partial charge in [0.15, 0.2) is 0 Å². The Kier molecular flexibility index (Phi) is 3.53. The average Bonchev–Trinajstić information content (AvgIpc) is 3.10. The van der Waals surface area contributed by atoms with Gasteiger partial charge in [0.1, 0.15) is 0 Å². The lowest BCUT2D eigenvalue weighted by atomic mass is 9.76. The summed E-state index contributed by atoms with van der Waals surface area (Å²) in [5.41, 5.74) is -0.421. The zero-order chi connectivity index (χ0) is 11.6. The Hall–Kier alpha value is -0.570. The third kappa shape index (κ3) is 2.57. The highest BCUT2D eigenvalue weighted by atomic mass is 16.4. The maximum absolute atomic E-state index is 11.3. The summed E-state index contributed by atoms with van der Waals surface area (Å²) in [4.78, 5) is 13.7. The van der Waals surface area contributed by atoms with Gasteiger partial charge in [-0.15, -0.1) is 0 Å². The summed E-state index contributed by atoms with van der Waals surface area (Å²) < 4.78 is 0. The number of hydrogen-bond donors (Lipinski definition) is 1. The smallest absolute Gasteiger partial charge is 0.309 e. The van der Waals surface area contributed by atoms with E-state index in [0.717, 1.165) is 38.3 Å². The molecule has 0 unspecified atom stereocenters. The van der Waals surface area contributed by atoms with Crippen LogP contribution in [0, 0.1) is 11.3 Å². The highest BCUT2D eigenvalue weighted by molar-refractivity contribution is 5.74. The zero-order valence-corrected chi connectivity index (χ0v) is 10.2. The largest absolute Gasteiger partial charge is 0.481 e. The van der Waals surface area contributed by atoms with Gasteiger partial charge in [-0.05, 0) is 51.2 Å². The lowest BCUT2D eigenvalue weighted by Gasteiger charge is -2.38. The maximum atomic E-state index is 11.3. The molecule has 2 aliphatic rings. The molecule has 2 fully saturated rings. The first kappa shape index (κ1) is 11.9. The lowest BCUT2D eigenvalue weighted by Crippen LogP contribution is -2.44. The monoisotopic (exact) mass is 225 g/mol. The minimum absolute atomic E-state index is 0.421. The fraction of sp³-hybridized carbons (Fsp3) is 0.923. The van der Waals surface area contributed by atoms with Gasteiger partial charge in [-0.1, -0.05) is 19.8 Å². The van der Waals surface area contributed by atoms with Crippen LogP contribution >= 0.6 is 0 Å². The second kappa shape index (κ2) is 4.74. The number of carboxylic acids is 1. The molecule has 1 aliphatic carbocycles. The molecule has 3 heteroatoms.